The molecule has 7 heteroatoms. The number of sulfonamides is 1. The van der Waals surface area contributed by atoms with Gasteiger partial charge in [-0.25, -0.2) is 4.79 Å². The highest BCUT2D eigenvalue weighted by atomic mass is 32.2. The summed E-state index contributed by atoms with van der Waals surface area (Å²) in [5.41, 5.74) is 1.83. The summed E-state index contributed by atoms with van der Waals surface area (Å²) in [7, 11) is -3.82. The normalized spacial score (nSPS) is 18.0. The molecule has 0 radical (unpaired) electrons. The van der Waals surface area contributed by atoms with Gasteiger partial charge in [0.2, 0.25) is 0 Å². The van der Waals surface area contributed by atoms with Crippen LogP contribution >= 0.6 is 0 Å². The van der Waals surface area contributed by atoms with Crippen molar-refractivity contribution in [1.82, 2.24) is 0 Å². The molecular formula is C20H20N2O4S. The third kappa shape index (κ3) is 3.47. The molecule has 140 valence electrons. The van der Waals surface area contributed by atoms with E-state index in [9.17, 15) is 13.2 Å². The molecule has 0 bridgehead atoms. The first kappa shape index (κ1) is 17.7. The van der Waals surface area contributed by atoms with Gasteiger partial charge in [0.15, 0.2) is 0 Å². The van der Waals surface area contributed by atoms with Crippen LogP contribution in [-0.4, -0.2) is 26.8 Å². The molecule has 0 N–H and O–H groups in total. The van der Waals surface area contributed by atoms with Crippen LogP contribution in [0.3, 0.4) is 0 Å². The molecule has 2 aromatic rings. The van der Waals surface area contributed by atoms with Crippen LogP contribution in [0.1, 0.15) is 41.6 Å². The molecule has 0 saturated carbocycles. The van der Waals surface area contributed by atoms with E-state index in [1.54, 1.807) is 24.3 Å². The molecule has 27 heavy (non-hydrogen) atoms. The Morgan fingerprint density at radius 3 is 2.63 bits per heavy atom. The minimum absolute atomic E-state index is 0.0616. The van der Waals surface area contributed by atoms with Gasteiger partial charge >= 0.3 is 5.97 Å². The van der Waals surface area contributed by atoms with Crippen molar-refractivity contribution in [2.45, 2.75) is 37.5 Å². The van der Waals surface area contributed by atoms with Crippen molar-refractivity contribution in [1.29, 1.82) is 0 Å². The fourth-order valence-corrected chi connectivity index (χ4v) is 4.66. The number of aryl methyl sites for hydroxylation is 1. The Morgan fingerprint density at radius 1 is 1.07 bits per heavy atom. The van der Waals surface area contributed by atoms with Crippen LogP contribution in [0.25, 0.3) is 0 Å². The van der Waals surface area contributed by atoms with Crippen molar-refractivity contribution in [2.24, 2.45) is 4.40 Å². The Labute approximate surface area is 158 Å². The van der Waals surface area contributed by atoms with Crippen molar-refractivity contribution in [3.63, 3.8) is 0 Å². The standard InChI is InChI=1S/C20H20N2O4S/c1-14-6-9-16(10-7-14)26-20(23)15-8-11-17-18(13-15)27(24,25)21-19-5-3-2-4-12-22(17)19/h6-11,13H,2-5,12H2,1H3. The highest BCUT2D eigenvalue weighted by molar-refractivity contribution is 7.90. The zero-order chi connectivity index (χ0) is 19.0. The van der Waals surface area contributed by atoms with Crippen LogP contribution in [0.5, 0.6) is 5.75 Å². The average Bonchev–Trinajstić information content (AvgIpc) is 2.88. The molecule has 0 unspecified atom stereocenters. The highest BCUT2D eigenvalue weighted by Crippen LogP contribution is 2.35. The van der Waals surface area contributed by atoms with Crippen molar-refractivity contribution < 1.29 is 17.9 Å². The molecule has 1 saturated heterocycles. The Bertz CT molecular complexity index is 1030. The third-order valence-electron chi connectivity index (χ3n) is 4.81. The van der Waals surface area contributed by atoms with Gasteiger partial charge in [-0.15, -0.1) is 4.40 Å². The lowest BCUT2D eigenvalue weighted by Crippen LogP contribution is -2.35. The van der Waals surface area contributed by atoms with E-state index in [0.29, 0.717) is 23.7 Å². The summed E-state index contributed by atoms with van der Waals surface area (Å²) in [6, 6.07) is 11.8. The zero-order valence-corrected chi connectivity index (χ0v) is 15.8. The first-order chi connectivity index (χ1) is 12.9. The topological polar surface area (TPSA) is 76.0 Å². The van der Waals surface area contributed by atoms with E-state index in [1.807, 2.05) is 24.0 Å². The van der Waals surface area contributed by atoms with Gasteiger partial charge in [-0.05, 0) is 50.1 Å². The summed E-state index contributed by atoms with van der Waals surface area (Å²) in [4.78, 5) is 14.5. The number of amidine groups is 1. The summed E-state index contributed by atoms with van der Waals surface area (Å²) >= 11 is 0. The van der Waals surface area contributed by atoms with E-state index >= 15 is 0 Å². The zero-order valence-electron chi connectivity index (χ0n) is 15.0. The molecule has 2 aliphatic heterocycles. The molecule has 6 nitrogen and oxygen atoms in total. The first-order valence-electron chi connectivity index (χ1n) is 8.98. The number of carbonyl (C=O) groups excluding carboxylic acids is 1. The summed E-state index contributed by atoms with van der Waals surface area (Å²) < 4.78 is 34.6. The molecule has 0 atom stereocenters. The van der Waals surface area contributed by atoms with E-state index in [0.717, 1.165) is 31.4 Å². The summed E-state index contributed by atoms with van der Waals surface area (Å²) in [6.45, 7) is 2.67. The van der Waals surface area contributed by atoms with E-state index in [4.69, 9.17) is 4.74 Å². The smallest absolute Gasteiger partial charge is 0.343 e. The highest BCUT2D eigenvalue weighted by Gasteiger charge is 2.32. The number of anilines is 1. The second-order valence-corrected chi connectivity index (χ2v) is 8.40. The number of nitrogens with zero attached hydrogens (tertiary/aromatic N) is 2. The molecule has 1 fully saturated rings. The van der Waals surface area contributed by atoms with Gasteiger partial charge in [-0.2, -0.15) is 8.42 Å². The first-order valence-corrected chi connectivity index (χ1v) is 10.4. The Balaban J connectivity index is 1.68. The van der Waals surface area contributed by atoms with Gasteiger partial charge in [-0.3, -0.25) is 0 Å². The maximum absolute atomic E-state index is 12.6. The summed E-state index contributed by atoms with van der Waals surface area (Å²) in [5.74, 6) is 0.413. The van der Waals surface area contributed by atoms with Crippen molar-refractivity contribution >= 4 is 27.5 Å². The van der Waals surface area contributed by atoms with Crippen LogP contribution in [-0.2, 0) is 10.0 Å². The second kappa shape index (κ2) is 6.81. The molecule has 0 spiro atoms. The molecule has 2 aliphatic rings. The fourth-order valence-electron chi connectivity index (χ4n) is 3.38. The van der Waals surface area contributed by atoms with Crippen molar-refractivity contribution in [3.8, 4) is 5.75 Å². The second-order valence-electron chi connectivity index (χ2n) is 6.83. The minimum atomic E-state index is -3.82. The lowest BCUT2D eigenvalue weighted by Gasteiger charge is -2.29. The summed E-state index contributed by atoms with van der Waals surface area (Å²) in [5, 5.41) is 0. The Morgan fingerprint density at radius 2 is 1.85 bits per heavy atom. The summed E-state index contributed by atoms with van der Waals surface area (Å²) in [6.07, 6.45) is 3.61. The molecule has 2 aromatic carbocycles. The molecule has 4 rings (SSSR count). The predicted molar refractivity (Wildman–Crippen MR) is 103 cm³/mol. The number of hydrogen-bond acceptors (Lipinski definition) is 5. The van der Waals surface area contributed by atoms with Crippen LogP contribution < -0.4 is 9.64 Å². The quantitative estimate of drug-likeness (QED) is 0.583. The number of rotatable bonds is 2. The van der Waals surface area contributed by atoms with Gasteiger partial charge in [0.05, 0.1) is 11.3 Å². The van der Waals surface area contributed by atoms with Crippen molar-refractivity contribution in [3.05, 3.63) is 53.6 Å². The Kier molecular flexibility index (Phi) is 4.47. The number of carbonyl (C=O) groups is 1. The average molecular weight is 384 g/mol. The van der Waals surface area contributed by atoms with E-state index in [1.165, 1.54) is 6.07 Å². The number of esters is 1. The molecule has 0 aliphatic carbocycles. The van der Waals surface area contributed by atoms with Gasteiger partial charge in [0, 0.05) is 13.0 Å². The van der Waals surface area contributed by atoms with Crippen LogP contribution in [0.15, 0.2) is 51.8 Å². The third-order valence-corrected chi connectivity index (χ3v) is 6.15. The molecular weight excluding hydrogens is 364 g/mol. The lowest BCUT2D eigenvalue weighted by molar-refractivity contribution is 0.0734. The van der Waals surface area contributed by atoms with Gasteiger partial charge in [0.1, 0.15) is 16.5 Å². The largest absolute Gasteiger partial charge is 0.423 e. The number of ether oxygens (including phenoxy) is 1. The van der Waals surface area contributed by atoms with E-state index in [2.05, 4.69) is 4.40 Å². The van der Waals surface area contributed by atoms with Gasteiger partial charge in [0.25, 0.3) is 10.0 Å². The predicted octanol–water partition coefficient (Wildman–Crippen LogP) is 3.70. The van der Waals surface area contributed by atoms with E-state index in [-0.39, 0.29) is 10.5 Å². The monoisotopic (exact) mass is 384 g/mol. The lowest BCUT2D eigenvalue weighted by atomic mass is 10.1. The molecule has 0 aromatic heterocycles. The Hall–Kier alpha value is -2.67. The van der Waals surface area contributed by atoms with Crippen LogP contribution in [0.4, 0.5) is 5.69 Å². The molecule has 0 amide bonds. The van der Waals surface area contributed by atoms with E-state index < -0.39 is 16.0 Å². The minimum Gasteiger partial charge on any atom is -0.423 e. The number of hydrogen-bond donors (Lipinski definition) is 0. The van der Waals surface area contributed by atoms with Gasteiger partial charge < -0.3 is 9.64 Å². The van der Waals surface area contributed by atoms with Crippen molar-refractivity contribution in [2.75, 3.05) is 11.4 Å². The SMILES string of the molecule is Cc1ccc(OC(=O)c2ccc3c(c2)S(=O)(=O)N=C2CCCCCN23)cc1. The number of benzene rings is 2. The molecule has 2 heterocycles. The van der Waals surface area contributed by atoms with Crippen LogP contribution in [0, 0.1) is 6.92 Å². The maximum Gasteiger partial charge on any atom is 0.343 e. The van der Waals surface area contributed by atoms with Crippen LogP contribution in [0.2, 0.25) is 0 Å². The fraction of sp³-hybridized carbons (Fsp3) is 0.300. The number of fused-ring (bicyclic) bond motifs is 3. The maximum atomic E-state index is 12.6. The van der Waals surface area contributed by atoms with Gasteiger partial charge in [-0.1, -0.05) is 24.1 Å².